The molecule has 29 heavy (non-hydrogen) atoms. The lowest BCUT2D eigenvalue weighted by Crippen LogP contribution is -2.68. The molecule has 3 aromatic rings. The SMILES string of the molecule is COc1ccc(-c2cc(C)[n+]3c(c2)C(C)(C)c2ccccc2-3)cc1.[O-][Cl+3]([O-])([O-])[O-]. The van der Waals surface area contributed by atoms with Crippen LogP contribution < -0.4 is 27.9 Å². The normalized spacial score (nSPS) is 13.8. The van der Waals surface area contributed by atoms with Crippen LogP contribution in [0.15, 0.2) is 60.7 Å². The van der Waals surface area contributed by atoms with E-state index in [0.29, 0.717) is 0 Å². The van der Waals surface area contributed by atoms with Gasteiger partial charge in [0.05, 0.1) is 12.5 Å². The van der Waals surface area contributed by atoms with Crippen LogP contribution >= 0.6 is 0 Å². The van der Waals surface area contributed by atoms with E-state index in [9.17, 15) is 0 Å². The molecule has 0 spiro atoms. The molecule has 1 aliphatic heterocycles. The van der Waals surface area contributed by atoms with Crippen LogP contribution in [-0.2, 0) is 5.41 Å². The number of fused-ring (bicyclic) bond motifs is 3. The molecule has 0 amide bonds. The number of pyridine rings is 1. The Labute approximate surface area is 172 Å². The molecule has 0 aliphatic carbocycles. The van der Waals surface area contributed by atoms with Gasteiger partial charge >= 0.3 is 0 Å². The van der Waals surface area contributed by atoms with E-state index in [2.05, 4.69) is 73.9 Å². The average molecular weight is 416 g/mol. The standard InChI is InChI=1S/C22H22NO.ClHO4/c1-15-13-17(16-9-11-18(24-4)12-10-16)14-21-22(2,3)19-7-5-6-8-20(19)23(15)21;2-1(3,4)5/h5-14H,1-4H3;(H,2,3,4,5)/q+1;/p-1. The smallest absolute Gasteiger partial charge is 0.215 e. The van der Waals surface area contributed by atoms with Crippen LogP contribution in [-0.4, -0.2) is 7.11 Å². The third-order valence-corrected chi connectivity index (χ3v) is 5.13. The number of rotatable bonds is 2. The Hall–Kier alpha value is -2.48. The van der Waals surface area contributed by atoms with Crippen LogP contribution in [0.25, 0.3) is 16.8 Å². The molecule has 2 aromatic carbocycles. The molecule has 0 saturated carbocycles. The van der Waals surface area contributed by atoms with E-state index in [1.165, 1.54) is 33.8 Å². The van der Waals surface area contributed by atoms with Gasteiger partial charge in [0.15, 0.2) is 11.4 Å². The number of aromatic nitrogens is 1. The van der Waals surface area contributed by atoms with Crippen LogP contribution in [0.2, 0.25) is 0 Å². The summed E-state index contributed by atoms with van der Waals surface area (Å²) in [6.45, 7) is 6.80. The maximum absolute atomic E-state index is 8.49. The third-order valence-electron chi connectivity index (χ3n) is 5.13. The first-order valence-corrected chi connectivity index (χ1v) is 10.2. The van der Waals surface area contributed by atoms with Crippen LogP contribution in [0.4, 0.5) is 0 Å². The molecule has 2 heterocycles. The van der Waals surface area contributed by atoms with Crippen molar-refractivity contribution in [2.75, 3.05) is 7.11 Å². The summed E-state index contributed by atoms with van der Waals surface area (Å²) in [6, 6.07) is 21.6. The molecule has 152 valence electrons. The summed E-state index contributed by atoms with van der Waals surface area (Å²) in [5.41, 5.74) is 7.77. The first-order valence-electron chi connectivity index (χ1n) is 8.95. The maximum Gasteiger partial charge on any atom is 0.215 e. The molecule has 0 atom stereocenters. The van der Waals surface area contributed by atoms with E-state index < -0.39 is 10.2 Å². The fourth-order valence-corrected chi connectivity index (χ4v) is 3.80. The van der Waals surface area contributed by atoms with E-state index >= 15 is 0 Å². The second-order valence-corrected chi connectivity index (χ2v) is 8.11. The average Bonchev–Trinajstić information content (AvgIpc) is 2.89. The Kier molecular flexibility index (Phi) is 5.67. The molecule has 0 fully saturated rings. The van der Waals surface area contributed by atoms with Crippen molar-refractivity contribution in [2.45, 2.75) is 26.2 Å². The van der Waals surface area contributed by atoms with Gasteiger partial charge in [0.1, 0.15) is 5.75 Å². The molecule has 0 bridgehead atoms. The Bertz CT molecular complexity index is 1020. The van der Waals surface area contributed by atoms with Crippen molar-refractivity contribution in [2.24, 2.45) is 0 Å². The van der Waals surface area contributed by atoms with Gasteiger partial charge in [0.2, 0.25) is 5.69 Å². The third kappa shape index (κ3) is 4.42. The first kappa shape index (κ1) is 21.2. The summed E-state index contributed by atoms with van der Waals surface area (Å²) >= 11 is 0. The predicted molar refractivity (Wildman–Crippen MR) is 96.8 cm³/mol. The topological polar surface area (TPSA) is 105 Å². The van der Waals surface area contributed by atoms with Gasteiger partial charge in [0, 0.05) is 30.7 Å². The minimum atomic E-state index is -4.94. The van der Waals surface area contributed by atoms with Crippen LogP contribution in [0.3, 0.4) is 0 Å². The van der Waals surface area contributed by atoms with Gasteiger partial charge in [-0.25, -0.2) is 18.6 Å². The minimum Gasteiger partial charge on any atom is -0.497 e. The molecule has 0 unspecified atom stereocenters. The lowest BCUT2D eigenvalue weighted by atomic mass is 9.82. The van der Waals surface area contributed by atoms with E-state index in [4.69, 9.17) is 23.4 Å². The maximum atomic E-state index is 8.49. The number of methoxy groups -OCH3 is 1. The highest BCUT2D eigenvalue weighted by Gasteiger charge is 2.44. The quantitative estimate of drug-likeness (QED) is 0.540. The second-order valence-electron chi connectivity index (χ2n) is 7.35. The molecular weight excluding hydrogens is 394 g/mol. The summed E-state index contributed by atoms with van der Waals surface area (Å²) in [7, 11) is -3.25. The number of ether oxygens (including phenoxy) is 1. The first-order chi connectivity index (χ1) is 13.5. The van der Waals surface area contributed by atoms with Gasteiger partial charge in [-0.15, -0.1) is 10.2 Å². The van der Waals surface area contributed by atoms with E-state index in [-0.39, 0.29) is 5.41 Å². The van der Waals surface area contributed by atoms with Gasteiger partial charge in [0.25, 0.3) is 0 Å². The van der Waals surface area contributed by atoms with Gasteiger partial charge in [-0.2, -0.15) is 4.57 Å². The summed E-state index contributed by atoms with van der Waals surface area (Å²) in [6.07, 6.45) is 0. The largest absolute Gasteiger partial charge is 0.497 e. The summed E-state index contributed by atoms with van der Waals surface area (Å²) in [4.78, 5) is 0. The zero-order valence-electron chi connectivity index (χ0n) is 16.6. The Morgan fingerprint density at radius 3 is 2.03 bits per heavy atom. The van der Waals surface area contributed by atoms with Crippen molar-refractivity contribution in [3.63, 3.8) is 0 Å². The molecule has 6 nitrogen and oxygen atoms in total. The Morgan fingerprint density at radius 2 is 1.45 bits per heavy atom. The molecule has 4 rings (SSSR count). The van der Waals surface area contributed by atoms with Crippen molar-refractivity contribution < 1.29 is 38.2 Å². The van der Waals surface area contributed by atoms with Crippen LogP contribution in [0.5, 0.6) is 5.75 Å². The van der Waals surface area contributed by atoms with Gasteiger partial charge < -0.3 is 4.74 Å². The van der Waals surface area contributed by atoms with E-state index in [1.54, 1.807) is 7.11 Å². The number of hydrogen-bond donors (Lipinski definition) is 0. The van der Waals surface area contributed by atoms with Crippen molar-refractivity contribution in [3.05, 3.63) is 77.6 Å². The molecular formula is C22H22ClNO5. The van der Waals surface area contributed by atoms with Gasteiger partial charge in [-0.05, 0) is 37.1 Å². The van der Waals surface area contributed by atoms with Crippen molar-refractivity contribution in [3.8, 4) is 22.6 Å². The highest BCUT2D eigenvalue weighted by atomic mass is 35.7. The number of aryl methyl sites for hydroxylation is 1. The Morgan fingerprint density at radius 1 is 0.862 bits per heavy atom. The fourth-order valence-electron chi connectivity index (χ4n) is 3.80. The van der Waals surface area contributed by atoms with Crippen LogP contribution in [0, 0.1) is 17.2 Å². The zero-order chi connectivity index (χ0) is 21.4. The number of para-hydroxylation sites is 1. The summed E-state index contributed by atoms with van der Waals surface area (Å²) in [5, 5.41) is 0. The van der Waals surface area contributed by atoms with Gasteiger partial charge in [-0.3, -0.25) is 0 Å². The molecule has 1 aliphatic rings. The zero-order valence-corrected chi connectivity index (χ0v) is 17.4. The molecule has 0 N–H and O–H groups in total. The molecule has 0 saturated heterocycles. The summed E-state index contributed by atoms with van der Waals surface area (Å²) in [5.74, 6) is 0.888. The van der Waals surface area contributed by atoms with E-state index in [1.807, 2.05) is 12.1 Å². The Balaban J connectivity index is 0.000000431. The number of benzene rings is 2. The van der Waals surface area contributed by atoms with Gasteiger partial charge in [-0.1, -0.05) is 30.3 Å². The lowest BCUT2D eigenvalue weighted by molar-refractivity contribution is -2.00. The highest BCUT2D eigenvalue weighted by Crippen LogP contribution is 2.39. The molecule has 0 radical (unpaired) electrons. The van der Waals surface area contributed by atoms with Crippen molar-refractivity contribution >= 4 is 0 Å². The fraction of sp³-hybridized carbons (Fsp3) is 0.227. The predicted octanol–water partition coefficient (Wildman–Crippen LogP) is -0.169. The number of halogens is 1. The molecule has 1 aromatic heterocycles. The highest BCUT2D eigenvalue weighted by molar-refractivity contribution is 5.66. The summed E-state index contributed by atoms with van der Waals surface area (Å²) < 4.78 is 41.6. The van der Waals surface area contributed by atoms with E-state index in [0.717, 1.165) is 5.75 Å². The minimum absolute atomic E-state index is 0.00380. The monoisotopic (exact) mass is 415 g/mol. The van der Waals surface area contributed by atoms with Crippen molar-refractivity contribution in [1.82, 2.24) is 0 Å². The molecule has 7 heteroatoms. The van der Waals surface area contributed by atoms with Crippen LogP contribution in [0.1, 0.15) is 30.8 Å². The second kappa shape index (κ2) is 7.74. The number of nitrogens with zero attached hydrogens (tertiary/aromatic N) is 1. The lowest BCUT2D eigenvalue weighted by Gasteiger charge is -2.17. The number of hydrogen-bond acceptors (Lipinski definition) is 5. The van der Waals surface area contributed by atoms with Crippen molar-refractivity contribution in [1.29, 1.82) is 0 Å².